The maximum absolute atomic E-state index is 13.6. The van der Waals surface area contributed by atoms with Crippen LogP contribution in [0.5, 0.6) is 5.88 Å². The molecule has 29 heavy (non-hydrogen) atoms. The number of nitrogen functional groups attached to an aromatic ring is 1. The van der Waals surface area contributed by atoms with Crippen molar-refractivity contribution in [3.63, 3.8) is 0 Å². The Hall–Kier alpha value is -2.66. The van der Waals surface area contributed by atoms with Crippen LogP contribution in [0.1, 0.15) is 12.0 Å². The van der Waals surface area contributed by atoms with Crippen LogP contribution >= 0.6 is 0 Å². The van der Waals surface area contributed by atoms with Gasteiger partial charge in [0.15, 0.2) is 0 Å². The summed E-state index contributed by atoms with van der Waals surface area (Å²) in [6.45, 7) is 3.55. The highest BCUT2D eigenvalue weighted by atomic mass is 19.4. The first-order chi connectivity index (χ1) is 13.9. The number of hydrogen-bond donors (Lipinski definition) is 2. The van der Waals surface area contributed by atoms with E-state index in [1.807, 2.05) is 4.90 Å². The number of ether oxygens (including phenoxy) is 2. The number of pyridine rings is 1. The van der Waals surface area contributed by atoms with Gasteiger partial charge in [0.2, 0.25) is 11.8 Å². The molecule has 2 aliphatic heterocycles. The van der Waals surface area contributed by atoms with E-state index in [1.165, 1.54) is 6.07 Å². The lowest BCUT2D eigenvalue weighted by Gasteiger charge is -2.27. The van der Waals surface area contributed by atoms with Gasteiger partial charge in [0.1, 0.15) is 11.9 Å². The number of anilines is 2. The third kappa shape index (κ3) is 4.51. The zero-order valence-electron chi connectivity index (χ0n) is 15.6. The molecular weight excluding hydrogens is 389 g/mol. The SMILES string of the molecule is Nc1cc(C(F)(F)F)c(-c2cc(OC3CCNC3)nc(N3CCOCC3)n2)cn1. The van der Waals surface area contributed by atoms with E-state index in [4.69, 9.17) is 15.2 Å². The van der Waals surface area contributed by atoms with E-state index >= 15 is 0 Å². The lowest BCUT2D eigenvalue weighted by molar-refractivity contribution is -0.137. The van der Waals surface area contributed by atoms with E-state index in [9.17, 15) is 13.2 Å². The van der Waals surface area contributed by atoms with Crippen molar-refractivity contribution < 1.29 is 22.6 Å². The van der Waals surface area contributed by atoms with Crippen molar-refractivity contribution in [2.24, 2.45) is 0 Å². The van der Waals surface area contributed by atoms with Crippen molar-refractivity contribution in [1.82, 2.24) is 20.3 Å². The monoisotopic (exact) mass is 410 g/mol. The van der Waals surface area contributed by atoms with Gasteiger partial charge in [-0.05, 0) is 19.0 Å². The normalized spacial score (nSPS) is 20.1. The van der Waals surface area contributed by atoms with Crippen LogP contribution in [0.3, 0.4) is 0 Å². The zero-order chi connectivity index (χ0) is 20.4. The molecule has 4 heterocycles. The molecule has 0 amide bonds. The molecule has 0 aliphatic carbocycles. The average molecular weight is 410 g/mol. The zero-order valence-corrected chi connectivity index (χ0v) is 15.6. The second-order valence-electron chi connectivity index (χ2n) is 6.88. The van der Waals surface area contributed by atoms with Crippen LogP contribution in [0.2, 0.25) is 0 Å². The lowest BCUT2D eigenvalue weighted by Crippen LogP contribution is -2.37. The van der Waals surface area contributed by atoms with Crippen molar-refractivity contribution in [3.8, 4) is 17.1 Å². The van der Waals surface area contributed by atoms with Crippen LogP contribution in [0.4, 0.5) is 24.9 Å². The molecule has 0 aromatic carbocycles. The summed E-state index contributed by atoms with van der Waals surface area (Å²) in [7, 11) is 0. The Morgan fingerprint density at radius 2 is 2.00 bits per heavy atom. The first-order valence-electron chi connectivity index (χ1n) is 9.32. The summed E-state index contributed by atoms with van der Waals surface area (Å²) in [4.78, 5) is 14.5. The summed E-state index contributed by atoms with van der Waals surface area (Å²) in [5, 5.41) is 3.18. The summed E-state index contributed by atoms with van der Waals surface area (Å²) in [5.41, 5.74) is 4.51. The minimum Gasteiger partial charge on any atom is -0.473 e. The second-order valence-corrected chi connectivity index (χ2v) is 6.88. The van der Waals surface area contributed by atoms with Crippen LogP contribution in [0.15, 0.2) is 18.3 Å². The molecule has 156 valence electrons. The number of rotatable bonds is 4. The fraction of sp³-hybridized carbons (Fsp3) is 0.500. The number of halogens is 3. The van der Waals surface area contributed by atoms with Crippen molar-refractivity contribution in [3.05, 3.63) is 23.9 Å². The van der Waals surface area contributed by atoms with Crippen LogP contribution in [-0.4, -0.2) is 60.4 Å². The number of alkyl halides is 3. The maximum atomic E-state index is 13.6. The molecule has 0 radical (unpaired) electrons. The highest BCUT2D eigenvalue weighted by molar-refractivity contribution is 5.67. The Balaban J connectivity index is 1.77. The predicted octanol–water partition coefficient (Wildman–Crippen LogP) is 1.72. The molecule has 2 aromatic rings. The van der Waals surface area contributed by atoms with Gasteiger partial charge >= 0.3 is 6.18 Å². The van der Waals surface area contributed by atoms with Crippen molar-refractivity contribution in [1.29, 1.82) is 0 Å². The molecule has 2 fully saturated rings. The molecule has 2 aliphatic rings. The van der Waals surface area contributed by atoms with Gasteiger partial charge in [0.05, 0.1) is 24.5 Å². The molecule has 0 bridgehead atoms. The quantitative estimate of drug-likeness (QED) is 0.786. The van der Waals surface area contributed by atoms with Crippen LogP contribution < -0.4 is 20.7 Å². The highest BCUT2D eigenvalue weighted by Crippen LogP contribution is 2.38. The van der Waals surface area contributed by atoms with Gasteiger partial charge in [0, 0.05) is 37.5 Å². The molecule has 2 aromatic heterocycles. The van der Waals surface area contributed by atoms with Crippen LogP contribution in [0, 0.1) is 0 Å². The standard InChI is InChI=1S/C18H21F3N6O2/c19-18(20,21)13-7-15(22)24-10-12(13)14-8-16(29-11-1-2-23-9-11)26-17(25-14)27-3-5-28-6-4-27/h7-8,10-11,23H,1-6,9H2,(H2,22,24). The van der Waals surface area contributed by atoms with Gasteiger partial charge in [-0.3, -0.25) is 0 Å². The molecule has 8 nitrogen and oxygen atoms in total. The molecule has 0 saturated carbocycles. The first-order valence-corrected chi connectivity index (χ1v) is 9.32. The molecule has 4 rings (SSSR count). The molecule has 2 saturated heterocycles. The van der Waals surface area contributed by atoms with E-state index in [-0.39, 0.29) is 29.1 Å². The fourth-order valence-electron chi connectivity index (χ4n) is 3.33. The minimum atomic E-state index is -4.60. The van der Waals surface area contributed by atoms with Gasteiger partial charge in [-0.25, -0.2) is 9.97 Å². The number of aromatic nitrogens is 3. The van der Waals surface area contributed by atoms with E-state index < -0.39 is 11.7 Å². The number of morpholine rings is 1. The predicted molar refractivity (Wildman–Crippen MR) is 99.6 cm³/mol. The largest absolute Gasteiger partial charge is 0.473 e. The molecule has 1 atom stereocenters. The smallest absolute Gasteiger partial charge is 0.417 e. The molecular formula is C18H21F3N6O2. The number of nitrogens with zero attached hydrogens (tertiary/aromatic N) is 4. The summed E-state index contributed by atoms with van der Waals surface area (Å²) in [5.74, 6) is 0.323. The van der Waals surface area contributed by atoms with Crippen molar-refractivity contribution in [2.45, 2.75) is 18.7 Å². The Morgan fingerprint density at radius 1 is 1.21 bits per heavy atom. The highest BCUT2D eigenvalue weighted by Gasteiger charge is 2.35. The Bertz CT molecular complexity index is 867. The van der Waals surface area contributed by atoms with Gasteiger partial charge in [0.25, 0.3) is 0 Å². The molecule has 3 N–H and O–H groups in total. The molecule has 11 heteroatoms. The Morgan fingerprint density at radius 3 is 2.69 bits per heavy atom. The summed E-state index contributed by atoms with van der Waals surface area (Å²) in [6.07, 6.45) is -2.82. The third-order valence-electron chi connectivity index (χ3n) is 4.79. The van der Waals surface area contributed by atoms with Gasteiger partial charge in [-0.15, -0.1) is 0 Å². The first kappa shape index (κ1) is 19.6. The van der Waals surface area contributed by atoms with Crippen LogP contribution in [0.25, 0.3) is 11.3 Å². The van der Waals surface area contributed by atoms with Crippen molar-refractivity contribution >= 4 is 11.8 Å². The third-order valence-corrected chi connectivity index (χ3v) is 4.79. The van der Waals surface area contributed by atoms with E-state index in [0.717, 1.165) is 25.2 Å². The van der Waals surface area contributed by atoms with E-state index in [0.29, 0.717) is 38.8 Å². The summed E-state index contributed by atoms with van der Waals surface area (Å²) >= 11 is 0. The number of nitrogens with two attached hydrogens (primary N) is 1. The second kappa shape index (κ2) is 7.99. The van der Waals surface area contributed by atoms with E-state index in [1.54, 1.807) is 0 Å². The molecule has 0 spiro atoms. The average Bonchev–Trinajstić information content (AvgIpc) is 3.21. The van der Waals surface area contributed by atoms with Crippen molar-refractivity contribution in [2.75, 3.05) is 50.0 Å². The topological polar surface area (TPSA) is 98.4 Å². The number of hydrogen-bond acceptors (Lipinski definition) is 8. The maximum Gasteiger partial charge on any atom is 0.417 e. The summed E-state index contributed by atoms with van der Waals surface area (Å²) < 4.78 is 52.1. The molecule has 1 unspecified atom stereocenters. The summed E-state index contributed by atoms with van der Waals surface area (Å²) in [6, 6.07) is 2.23. The van der Waals surface area contributed by atoms with Gasteiger partial charge in [-0.1, -0.05) is 0 Å². The van der Waals surface area contributed by atoms with Crippen LogP contribution in [-0.2, 0) is 10.9 Å². The Kier molecular flexibility index (Phi) is 5.41. The lowest BCUT2D eigenvalue weighted by atomic mass is 10.1. The Labute approximate surface area is 165 Å². The fourth-order valence-corrected chi connectivity index (χ4v) is 3.33. The van der Waals surface area contributed by atoms with Gasteiger partial charge in [-0.2, -0.15) is 18.2 Å². The number of nitrogens with one attached hydrogen (secondary N) is 1. The van der Waals surface area contributed by atoms with E-state index in [2.05, 4.69) is 20.3 Å². The van der Waals surface area contributed by atoms with Gasteiger partial charge < -0.3 is 25.4 Å². The minimum absolute atomic E-state index is 0.0854.